The molecule has 4 heteroatoms. The van der Waals surface area contributed by atoms with Crippen molar-refractivity contribution in [2.45, 2.75) is 0 Å². The molecular formula is C40H29N2OP. The number of aromatic nitrogens is 2. The highest BCUT2D eigenvalue weighted by molar-refractivity contribution is 7.97. The van der Waals surface area contributed by atoms with E-state index in [-0.39, 0.29) is 5.78 Å². The number of rotatable bonds is 7. The van der Waals surface area contributed by atoms with Gasteiger partial charge in [0.25, 0.3) is 0 Å². The highest BCUT2D eigenvalue weighted by atomic mass is 31.2. The van der Waals surface area contributed by atoms with Crippen LogP contribution in [-0.2, 0) is 0 Å². The highest BCUT2D eigenvalue weighted by Gasteiger charge is 2.36. The summed E-state index contributed by atoms with van der Waals surface area (Å²) in [6, 6.07) is 58.9. The fraction of sp³-hybridized carbons (Fsp3) is 0. The predicted octanol–water partition coefficient (Wildman–Crippen LogP) is 7.69. The summed E-state index contributed by atoms with van der Waals surface area (Å²) < 4.78 is 0. The van der Waals surface area contributed by atoms with Gasteiger partial charge in [0.1, 0.15) is 5.69 Å². The van der Waals surface area contributed by atoms with Crippen LogP contribution in [0.25, 0.3) is 22.3 Å². The molecule has 0 atom stereocenters. The smallest absolute Gasteiger partial charge is 0.196 e. The van der Waals surface area contributed by atoms with Gasteiger partial charge in [-0.2, -0.15) is 0 Å². The molecule has 0 aliphatic rings. The molecule has 210 valence electrons. The summed E-state index contributed by atoms with van der Waals surface area (Å²) in [5.41, 5.74) is 4.34. The fourth-order valence-electron chi connectivity index (χ4n) is 5.90. The van der Waals surface area contributed by atoms with Crippen LogP contribution in [0.4, 0.5) is 0 Å². The predicted molar refractivity (Wildman–Crippen MR) is 185 cm³/mol. The topological polar surface area (TPSA) is 42.9 Å². The van der Waals surface area contributed by atoms with Crippen molar-refractivity contribution in [2.75, 3.05) is 0 Å². The number of hydrogen-bond donors (Lipinski definition) is 0. The Morgan fingerprint density at radius 2 is 0.818 bits per heavy atom. The number of ketones is 1. The van der Waals surface area contributed by atoms with Crippen LogP contribution in [0.5, 0.6) is 0 Å². The minimum atomic E-state index is -2.87. The van der Waals surface area contributed by atoms with Crippen molar-refractivity contribution in [2.24, 2.45) is 0 Å². The zero-order valence-electron chi connectivity index (χ0n) is 24.0. The van der Waals surface area contributed by atoms with Gasteiger partial charge in [0.2, 0.25) is 0 Å². The van der Waals surface area contributed by atoms with Crippen molar-refractivity contribution >= 4 is 44.9 Å². The number of para-hydroxylation sites is 2. The second-order valence-corrected chi connectivity index (χ2v) is 13.8. The molecule has 0 saturated heterocycles. The van der Waals surface area contributed by atoms with Crippen LogP contribution in [0.3, 0.4) is 0 Å². The Kier molecular flexibility index (Phi) is 7.54. The second kappa shape index (κ2) is 12.1. The Hall–Kier alpha value is -5.37. The van der Waals surface area contributed by atoms with Gasteiger partial charge >= 0.3 is 0 Å². The van der Waals surface area contributed by atoms with Gasteiger partial charge in [-0.25, -0.2) is 9.97 Å². The molecular weight excluding hydrogens is 555 g/mol. The Morgan fingerprint density at radius 1 is 0.432 bits per heavy atom. The molecule has 0 aliphatic carbocycles. The summed E-state index contributed by atoms with van der Waals surface area (Å²) in [6.45, 7) is -2.87. The quantitative estimate of drug-likeness (QED) is 0.143. The Morgan fingerprint density at radius 3 is 1.30 bits per heavy atom. The minimum absolute atomic E-state index is 0.0581. The minimum Gasteiger partial charge on any atom is -0.288 e. The molecule has 7 rings (SSSR count). The van der Waals surface area contributed by atoms with Gasteiger partial charge in [-0.15, -0.1) is 0 Å². The Balaban J connectivity index is 1.78. The third-order valence-corrected chi connectivity index (χ3v) is 12.2. The summed E-state index contributed by atoms with van der Waals surface area (Å²) in [7, 11) is 0. The van der Waals surface area contributed by atoms with Gasteiger partial charge in [0.05, 0.1) is 22.0 Å². The number of fused-ring (bicyclic) bond motifs is 1. The van der Waals surface area contributed by atoms with E-state index in [1.165, 1.54) is 0 Å². The van der Waals surface area contributed by atoms with Crippen LogP contribution in [0.15, 0.2) is 176 Å². The first-order chi connectivity index (χ1) is 21.8. The maximum absolute atomic E-state index is 15.4. The van der Waals surface area contributed by atoms with E-state index in [2.05, 4.69) is 72.8 Å². The number of nitrogens with zero attached hydrogens (tertiary/aromatic N) is 2. The molecule has 0 radical (unpaired) electrons. The van der Waals surface area contributed by atoms with Gasteiger partial charge in [-0.1, -0.05) is 164 Å². The molecule has 0 unspecified atom stereocenters. The number of carbonyl (C=O) groups is 1. The van der Waals surface area contributed by atoms with Crippen molar-refractivity contribution in [1.82, 2.24) is 9.97 Å². The van der Waals surface area contributed by atoms with E-state index in [0.717, 1.165) is 32.5 Å². The van der Waals surface area contributed by atoms with Crippen molar-refractivity contribution in [3.8, 4) is 11.3 Å². The molecule has 0 spiro atoms. The molecule has 0 N–H and O–H groups in total. The van der Waals surface area contributed by atoms with Gasteiger partial charge < -0.3 is 0 Å². The molecule has 0 bridgehead atoms. The summed E-state index contributed by atoms with van der Waals surface area (Å²) >= 11 is 0. The summed E-state index contributed by atoms with van der Waals surface area (Å²) in [6.07, 6.45) is 0. The molecule has 6 aromatic carbocycles. The lowest BCUT2D eigenvalue weighted by Crippen LogP contribution is -2.35. The lowest BCUT2D eigenvalue weighted by Gasteiger charge is -2.33. The van der Waals surface area contributed by atoms with Crippen LogP contribution in [0.1, 0.15) is 16.1 Å². The van der Waals surface area contributed by atoms with Crippen LogP contribution in [-0.4, -0.2) is 21.0 Å². The van der Waals surface area contributed by atoms with E-state index >= 15 is 4.79 Å². The Bertz CT molecular complexity index is 2010. The van der Waals surface area contributed by atoms with Crippen molar-refractivity contribution in [3.05, 3.63) is 187 Å². The van der Waals surface area contributed by atoms with E-state index in [0.29, 0.717) is 22.2 Å². The zero-order chi connectivity index (χ0) is 29.8. The normalized spacial score (nSPS) is 11.3. The fourth-order valence-corrected chi connectivity index (χ4v) is 10.3. The number of Topliss-reactive ketones (excluding diaryl/α,β-unsaturated/α-hetero) is 1. The van der Waals surface area contributed by atoms with Crippen LogP contribution in [0.2, 0.25) is 0 Å². The summed E-state index contributed by atoms with van der Waals surface area (Å²) in [4.78, 5) is 25.9. The largest absolute Gasteiger partial charge is 0.288 e. The lowest BCUT2D eigenvalue weighted by molar-refractivity contribution is 0.106. The number of carbonyl (C=O) groups excluding carboxylic acids is 1. The van der Waals surface area contributed by atoms with Gasteiger partial charge in [0.15, 0.2) is 5.78 Å². The monoisotopic (exact) mass is 584 g/mol. The molecule has 0 fully saturated rings. The van der Waals surface area contributed by atoms with E-state index in [4.69, 9.17) is 9.97 Å². The molecule has 3 nitrogen and oxygen atoms in total. The molecule has 7 aromatic rings. The van der Waals surface area contributed by atoms with E-state index < -0.39 is 6.89 Å². The van der Waals surface area contributed by atoms with Crippen molar-refractivity contribution < 1.29 is 4.79 Å². The van der Waals surface area contributed by atoms with Gasteiger partial charge in [-0.05, 0) is 34.9 Å². The molecule has 44 heavy (non-hydrogen) atoms. The maximum atomic E-state index is 15.4. The second-order valence-electron chi connectivity index (χ2n) is 10.5. The standard InChI is InChI=1S/C40H29N2OP/c43-39(31-20-8-2-9-21-31)40(38-37(30-18-6-1-7-19-30)41-35-28-16-17-29-36(35)42-38)44(32-22-10-3-11-23-32,33-24-12-4-13-25-33)34-26-14-5-15-27-34/h1-29H. The summed E-state index contributed by atoms with van der Waals surface area (Å²) in [5.74, 6) is -0.0581. The third-order valence-electron chi connectivity index (χ3n) is 7.86. The van der Waals surface area contributed by atoms with Crippen LogP contribution < -0.4 is 15.9 Å². The van der Waals surface area contributed by atoms with Crippen LogP contribution >= 0.6 is 6.89 Å². The molecule has 0 amide bonds. The van der Waals surface area contributed by atoms with E-state index in [1.807, 2.05) is 103 Å². The van der Waals surface area contributed by atoms with Crippen LogP contribution in [0, 0.1) is 0 Å². The third kappa shape index (κ3) is 4.88. The number of hydrogen-bond acceptors (Lipinski definition) is 3. The molecule has 1 aromatic heterocycles. The van der Waals surface area contributed by atoms with Gasteiger partial charge in [-0.3, -0.25) is 4.79 Å². The SMILES string of the molecule is O=C(C(c1nc2ccccc2nc1-c1ccccc1)=P(c1ccccc1)(c1ccccc1)c1ccccc1)c1ccccc1. The van der Waals surface area contributed by atoms with Crippen molar-refractivity contribution in [1.29, 1.82) is 0 Å². The molecule has 0 saturated carbocycles. The number of benzene rings is 6. The highest BCUT2D eigenvalue weighted by Crippen LogP contribution is 2.49. The first-order valence-corrected chi connectivity index (χ1v) is 16.4. The van der Waals surface area contributed by atoms with E-state index in [9.17, 15) is 0 Å². The zero-order valence-corrected chi connectivity index (χ0v) is 24.9. The van der Waals surface area contributed by atoms with Crippen molar-refractivity contribution in [3.63, 3.8) is 0 Å². The first-order valence-electron chi connectivity index (χ1n) is 14.6. The first kappa shape index (κ1) is 27.5. The maximum Gasteiger partial charge on any atom is 0.196 e. The summed E-state index contributed by atoms with van der Waals surface area (Å²) in [5, 5.41) is 3.88. The van der Waals surface area contributed by atoms with Gasteiger partial charge in [0, 0.05) is 11.1 Å². The van der Waals surface area contributed by atoms with E-state index in [1.54, 1.807) is 0 Å². The lowest BCUT2D eigenvalue weighted by atomic mass is 10.0. The molecule has 0 aliphatic heterocycles. The Labute approximate surface area is 257 Å². The average Bonchev–Trinajstić information content (AvgIpc) is 3.12. The molecule has 1 heterocycles. The average molecular weight is 585 g/mol.